The molecular weight excluding hydrogens is 624 g/mol. The van der Waals surface area contributed by atoms with Gasteiger partial charge in [-0.25, -0.2) is 9.97 Å². The molecule has 3 aromatic carbocycles. The molecule has 7 rings (SSSR count). The van der Waals surface area contributed by atoms with Gasteiger partial charge in [0.25, 0.3) is 0 Å². The fourth-order valence-electron chi connectivity index (χ4n) is 7.56. The highest BCUT2D eigenvalue weighted by Crippen LogP contribution is 2.33. The van der Waals surface area contributed by atoms with Crippen LogP contribution in [0.3, 0.4) is 0 Å². The van der Waals surface area contributed by atoms with Crippen LogP contribution in [0.15, 0.2) is 67.0 Å². The first-order valence-electron chi connectivity index (χ1n) is 17.9. The largest absolute Gasteiger partial charge is 0.374 e. The summed E-state index contributed by atoms with van der Waals surface area (Å²) >= 11 is 0. The Hall–Kier alpha value is -4.80. The second-order valence-corrected chi connectivity index (χ2v) is 14.1. The molecule has 0 bridgehead atoms. The van der Waals surface area contributed by atoms with Crippen LogP contribution < -0.4 is 15.1 Å². The van der Waals surface area contributed by atoms with Gasteiger partial charge in [-0.1, -0.05) is 24.3 Å². The predicted molar refractivity (Wildman–Crippen MR) is 201 cm³/mol. The number of carbonyl (C=O) groups excluding carboxylic acids is 2. The van der Waals surface area contributed by atoms with Crippen molar-refractivity contribution in [1.29, 1.82) is 0 Å². The van der Waals surface area contributed by atoms with Crippen LogP contribution in [0.2, 0.25) is 0 Å². The molecule has 0 atom stereocenters. The lowest BCUT2D eigenvalue weighted by molar-refractivity contribution is -0.125. The van der Waals surface area contributed by atoms with Gasteiger partial charge >= 0.3 is 0 Å². The van der Waals surface area contributed by atoms with Gasteiger partial charge in [-0.05, 0) is 85.7 Å². The number of hydrogen-bond donors (Lipinski definition) is 2. The van der Waals surface area contributed by atoms with E-state index in [2.05, 4.69) is 104 Å². The maximum atomic E-state index is 11.6. The van der Waals surface area contributed by atoms with E-state index in [1.54, 1.807) is 6.33 Å². The van der Waals surface area contributed by atoms with E-state index in [1.807, 2.05) is 11.9 Å². The first-order valence-corrected chi connectivity index (χ1v) is 17.9. The molecule has 0 aliphatic carbocycles. The average Bonchev–Trinajstić information content (AvgIpc) is 3.51. The molecule has 0 spiro atoms. The molecule has 0 unspecified atom stereocenters. The highest BCUT2D eigenvalue weighted by Gasteiger charge is 2.24. The van der Waals surface area contributed by atoms with Crippen molar-refractivity contribution in [2.75, 3.05) is 69.2 Å². The minimum absolute atomic E-state index is 0.257. The van der Waals surface area contributed by atoms with E-state index in [-0.39, 0.29) is 12.3 Å². The van der Waals surface area contributed by atoms with Crippen molar-refractivity contribution >= 4 is 45.6 Å². The number of rotatable bonds is 11. The van der Waals surface area contributed by atoms with E-state index in [0.717, 1.165) is 85.2 Å². The zero-order valence-corrected chi connectivity index (χ0v) is 29.5. The first kappa shape index (κ1) is 33.7. The number of nitrogens with zero attached hydrogens (tertiary/aromatic N) is 6. The van der Waals surface area contributed by atoms with Gasteiger partial charge in [-0.3, -0.25) is 19.8 Å². The first-order chi connectivity index (χ1) is 24.3. The third-order valence-corrected chi connectivity index (χ3v) is 10.8. The molecule has 260 valence electrons. The molecule has 2 aliphatic rings. The average molecular weight is 673 g/mol. The van der Waals surface area contributed by atoms with Gasteiger partial charge in [-0.2, -0.15) is 0 Å². The van der Waals surface area contributed by atoms with Gasteiger partial charge in [0.15, 0.2) is 0 Å². The van der Waals surface area contributed by atoms with Crippen molar-refractivity contribution in [2.24, 2.45) is 5.92 Å². The molecule has 2 aromatic heterocycles. The molecule has 10 heteroatoms. The molecule has 2 saturated heterocycles. The second-order valence-electron chi connectivity index (χ2n) is 14.1. The number of aryl methyl sites for hydroxylation is 2. The molecule has 2 aliphatic heterocycles. The second kappa shape index (κ2) is 15.0. The lowest BCUT2D eigenvalue weighted by Crippen LogP contribution is -2.48. The lowest BCUT2D eigenvalue weighted by Gasteiger charge is -2.39. The van der Waals surface area contributed by atoms with E-state index in [4.69, 9.17) is 4.98 Å². The molecular formula is C40H48N8O2. The van der Waals surface area contributed by atoms with Crippen LogP contribution in [0, 0.1) is 19.8 Å². The molecule has 10 nitrogen and oxygen atoms in total. The molecule has 0 saturated carbocycles. The van der Waals surface area contributed by atoms with E-state index in [0.29, 0.717) is 13.0 Å². The summed E-state index contributed by atoms with van der Waals surface area (Å²) < 4.78 is 0. The third-order valence-electron chi connectivity index (χ3n) is 10.8. The summed E-state index contributed by atoms with van der Waals surface area (Å²) in [5.41, 5.74) is 10.3. The molecule has 2 N–H and O–H groups in total. The van der Waals surface area contributed by atoms with E-state index >= 15 is 0 Å². The monoisotopic (exact) mass is 672 g/mol. The summed E-state index contributed by atoms with van der Waals surface area (Å²) in [5.74, 6) is 0.481. The number of benzene rings is 3. The number of hydrogen-bond acceptors (Lipinski definition) is 8. The summed E-state index contributed by atoms with van der Waals surface area (Å²) in [6.45, 7) is 13.6. The number of amides is 2. The molecule has 0 radical (unpaired) electrons. The number of nitrogens with one attached hydrogen (secondary N) is 2. The zero-order chi connectivity index (χ0) is 34.6. The quantitative estimate of drug-likeness (QED) is 0.177. The van der Waals surface area contributed by atoms with Crippen molar-refractivity contribution < 1.29 is 9.59 Å². The number of piperidine rings is 1. The zero-order valence-electron chi connectivity index (χ0n) is 29.5. The SMILES string of the molecule is Cc1ccc(-c2ncnc3[nH]c4cc(CN5CCN(CC6CCN(c7ccc(N(C)CCC(=O)NC=O)cc7)CC6)CC5)ccc4c23)cc1C. The van der Waals surface area contributed by atoms with Gasteiger partial charge in [-0.15, -0.1) is 0 Å². The maximum Gasteiger partial charge on any atom is 0.228 e. The van der Waals surface area contributed by atoms with Gasteiger partial charge in [0.2, 0.25) is 12.3 Å². The predicted octanol–water partition coefficient (Wildman–Crippen LogP) is 5.53. The van der Waals surface area contributed by atoms with E-state index in [9.17, 15) is 9.59 Å². The minimum Gasteiger partial charge on any atom is -0.374 e. The summed E-state index contributed by atoms with van der Waals surface area (Å²) in [6, 6.07) is 22.0. The summed E-state index contributed by atoms with van der Waals surface area (Å²) in [5, 5.41) is 4.46. The number of H-pyrrole nitrogens is 1. The molecule has 50 heavy (non-hydrogen) atoms. The van der Waals surface area contributed by atoms with Gasteiger partial charge in [0, 0.05) is 100 Å². The summed E-state index contributed by atoms with van der Waals surface area (Å²) in [6.07, 6.45) is 4.82. The fourth-order valence-corrected chi connectivity index (χ4v) is 7.56. The smallest absolute Gasteiger partial charge is 0.228 e. The van der Waals surface area contributed by atoms with Crippen molar-refractivity contribution in [3.05, 3.63) is 83.7 Å². The number of piperazine rings is 1. The Labute approximate surface area is 294 Å². The highest BCUT2D eigenvalue weighted by molar-refractivity contribution is 6.12. The molecule has 5 aromatic rings. The van der Waals surface area contributed by atoms with Gasteiger partial charge in [0.1, 0.15) is 12.0 Å². The van der Waals surface area contributed by atoms with E-state index in [1.165, 1.54) is 47.2 Å². The van der Waals surface area contributed by atoms with Crippen LogP contribution in [0.25, 0.3) is 33.2 Å². The molecule has 4 heterocycles. The number of imide groups is 1. The summed E-state index contributed by atoms with van der Waals surface area (Å²) in [4.78, 5) is 44.7. The van der Waals surface area contributed by atoms with Crippen LogP contribution in [0.4, 0.5) is 11.4 Å². The third kappa shape index (κ3) is 7.51. The van der Waals surface area contributed by atoms with Crippen molar-refractivity contribution in [2.45, 2.75) is 39.7 Å². The van der Waals surface area contributed by atoms with Crippen molar-refractivity contribution in [3.63, 3.8) is 0 Å². The number of fused-ring (bicyclic) bond motifs is 3. The Morgan fingerprint density at radius 2 is 1.68 bits per heavy atom. The lowest BCUT2D eigenvalue weighted by atomic mass is 9.95. The normalized spacial score (nSPS) is 16.3. The van der Waals surface area contributed by atoms with Crippen LogP contribution in [-0.2, 0) is 16.1 Å². The topological polar surface area (TPSA) is 101 Å². The van der Waals surface area contributed by atoms with Crippen LogP contribution >= 0.6 is 0 Å². The number of anilines is 2. The summed E-state index contributed by atoms with van der Waals surface area (Å²) in [7, 11) is 1.97. The molecule has 2 amide bonds. The van der Waals surface area contributed by atoms with Crippen molar-refractivity contribution in [3.8, 4) is 11.3 Å². The van der Waals surface area contributed by atoms with E-state index < -0.39 is 0 Å². The van der Waals surface area contributed by atoms with Crippen molar-refractivity contribution in [1.82, 2.24) is 30.1 Å². The van der Waals surface area contributed by atoms with Crippen LogP contribution in [0.1, 0.15) is 36.0 Å². The number of carbonyl (C=O) groups is 2. The van der Waals surface area contributed by atoms with Gasteiger partial charge in [0.05, 0.1) is 11.1 Å². The number of aromatic nitrogens is 3. The van der Waals surface area contributed by atoms with Crippen LogP contribution in [0.5, 0.6) is 0 Å². The highest BCUT2D eigenvalue weighted by atomic mass is 16.2. The Kier molecular flexibility index (Phi) is 10.1. The standard InChI is InChI=1S/C40H48N8O2/c1-28-4-6-32(22-29(28)2)39-38-35-11-5-31(23-36(35)44-40(38)42-26-41-39)25-47-20-18-46(19-21-47)24-30-12-16-48(17-13-30)34-9-7-33(8-10-34)45(3)15-14-37(50)43-27-49/h4-11,22-23,26-27,30H,12-21,24-25H2,1-3H3,(H,41,42,44)(H,43,49,50). The Balaban J connectivity index is 0.883. The Bertz CT molecular complexity index is 1960. The minimum atomic E-state index is -0.257. The van der Waals surface area contributed by atoms with Crippen LogP contribution in [-0.4, -0.2) is 96.5 Å². The maximum absolute atomic E-state index is 11.6. The fraction of sp³-hybridized carbons (Fsp3) is 0.400. The number of aromatic amines is 1. The Morgan fingerprint density at radius 1 is 0.920 bits per heavy atom. The Morgan fingerprint density at radius 3 is 2.42 bits per heavy atom. The molecule has 2 fully saturated rings. The van der Waals surface area contributed by atoms with Gasteiger partial charge < -0.3 is 19.7 Å².